The fourth-order valence-corrected chi connectivity index (χ4v) is 3.15. The summed E-state index contributed by atoms with van der Waals surface area (Å²) in [5.74, 6) is -0.176. The molecule has 20 heavy (non-hydrogen) atoms. The third-order valence-electron chi connectivity index (χ3n) is 3.57. The zero-order valence-corrected chi connectivity index (χ0v) is 12.8. The van der Waals surface area contributed by atoms with Gasteiger partial charge in [-0.05, 0) is 29.7 Å². The molecule has 3 heteroatoms. The summed E-state index contributed by atoms with van der Waals surface area (Å²) in [6.45, 7) is 2.11. The monoisotopic (exact) mass is 331 g/mol. The predicted octanol–water partition coefficient (Wildman–Crippen LogP) is 5.32. The minimum atomic E-state index is -0.176. The SMILES string of the molecule is CCc1ccccc1N1C=C(Br)Cc2cccc(F)c21. The molecule has 102 valence electrons. The van der Waals surface area contributed by atoms with E-state index >= 15 is 0 Å². The first-order valence-electron chi connectivity index (χ1n) is 6.71. The first-order valence-corrected chi connectivity index (χ1v) is 7.50. The van der Waals surface area contributed by atoms with Gasteiger partial charge in [-0.15, -0.1) is 0 Å². The summed E-state index contributed by atoms with van der Waals surface area (Å²) < 4.78 is 15.3. The van der Waals surface area contributed by atoms with Crippen molar-refractivity contribution in [2.24, 2.45) is 0 Å². The van der Waals surface area contributed by atoms with Crippen LogP contribution in [0.25, 0.3) is 0 Å². The molecule has 0 saturated carbocycles. The number of anilines is 2. The second-order valence-electron chi connectivity index (χ2n) is 4.85. The topological polar surface area (TPSA) is 3.24 Å². The molecular weight excluding hydrogens is 317 g/mol. The smallest absolute Gasteiger partial charge is 0.147 e. The van der Waals surface area contributed by atoms with Crippen molar-refractivity contribution >= 4 is 27.3 Å². The molecule has 1 heterocycles. The predicted molar refractivity (Wildman–Crippen MR) is 85.1 cm³/mol. The van der Waals surface area contributed by atoms with Gasteiger partial charge in [-0.25, -0.2) is 4.39 Å². The third kappa shape index (κ3) is 2.27. The summed E-state index contributed by atoms with van der Waals surface area (Å²) in [5.41, 5.74) is 3.92. The largest absolute Gasteiger partial charge is 0.313 e. The summed E-state index contributed by atoms with van der Waals surface area (Å²) in [7, 11) is 0. The average molecular weight is 332 g/mol. The van der Waals surface area contributed by atoms with Crippen LogP contribution in [0.3, 0.4) is 0 Å². The summed E-state index contributed by atoms with van der Waals surface area (Å²) in [4.78, 5) is 1.96. The van der Waals surface area contributed by atoms with E-state index in [-0.39, 0.29) is 5.82 Å². The average Bonchev–Trinajstić information content (AvgIpc) is 2.46. The Hall–Kier alpha value is -1.61. The second-order valence-corrected chi connectivity index (χ2v) is 5.87. The molecule has 0 atom stereocenters. The van der Waals surface area contributed by atoms with Crippen LogP contribution in [0.1, 0.15) is 18.1 Å². The zero-order valence-electron chi connectivity index (χ0n) is 11.2. The number of para-hydroxylation sites is 2. The molecule has 0 N–H and O–H groups in total. The Labute approximate surface area is 126 Å². The molecule has 1 aliphatic rings. The van der Waals surface area contributed by atoms with Crippen molar-refractivity contribution in [2.75, 3.05) is 4.90 Å². The van der Waals surface area contributed by atoms with E-state index in [9.17, 15) is 4.39 Å². The van der Waals surface area contributed by atoms with Gasteiger partial charge < -0.3 is 4.90 Å². The fourth-order valence-electron chi connectivity index (χ4n) is 2.64. The molecule has 0 saturated heterocycles. The molecule has 1 nitrogen and oxygen atoms in total. The van der Waals surface area contributed by atoms with Crippen molar-refractivity contribution in [2.45, 2.75) is 19.8 Å². The Morgan fingerprint density at radius 1 is 1.15 bits per heavy atom. The Bertz CT molecular complexity index is 678. The maximum atomic E-state index is 14.3. The maximum absolute atomic E-state index is 14.3. The minimum Gasteiger partial charge on any atom is -0.313 e. The number of nitrogens with zero attached hydrogens (tertiary/aromatic N) is 1. The molecule has 0 spiro atoms. The van der Waals surface area contributed by atoms with Gasteiger partial charge in [0.2, 0.25) is 0 Å². The van der Waals surface area contributed by atoms with E-state index in [4.69, 9.17) is 0 Å². The van der Waals surface area contributed by atoms with Gasteiger partial charge in [0.1, 0.15) is 5.82 Å². The van der Waals surface area contributed by atoms with Gasteiger partial charge in [0, 0.05) is 22.8 Å². The van der Waals surface area contributed by atoms with Crippen LogP contribution >= 0.6 is 15.9 Å². The summed E-state index contributed by atoms with van der Waals surface area (Å²) in [6.07, 6.45) is 3.62. The highest BCUT2D eigenvalue weighted by atomic mass is 79.9. The van der Waals surface area contributed by atoms with Crippen LogP contribution in [0.15, 0.2) is 53.1 Å². The van der Waals surface area contributed by atoms with Crippen LogP contribution < -0.4 is 4.90 Å². The van der Waals surface area contributed by atoms with E-state index in [2.05, 4.69) is 28.9 Å². The van der Waals surface area contributed by atoms with Gasteiger partial charge >= 0.3 is 0 Å². The Kier molecular flexibility index (Phi) is 3.62. The number of fused-ring (bicyclic) bond motifs is 1. The summed E-state index contributed by atoms with van der Waals surface area (Å²) >= 11 is 3.56. The van der Waals surface area contributed by atoms with Crippen LogP contribution in [0.4, 0.5) is 15.8 Å². The molecule has 0 radical (unpaired) electrons. The minimum absolute atomic E-state index is 0.176. The van der Waals surface area contributed by atoms with Crippen LogP contribution in [-0.4, -0.2) is 0 Å². The van der Waals surface area contributed by atoms with Gasteiger partial charge in [0.15, 0.2) is 0 Å². The van der Waals surface area contributed by atoms with Gasteiger partial charge in [-0.2, -0.15) is 0 Å². The molecule has 0 bridgehead atoms. The van der Waals surface area contributed by atoms with Crippen molar-refractivity contribution in [1.29, 1.82) is 0 Å². The third-order valence-corrected chi connectivity index (χ3v) is 4.06. The zero-order chi connectivity index (χ0) is 14.1. The lowest BCUT2D eigenvalue weighted by atomic mass is 10.0. The highest BCUT2D eigenvalue weighted by molar-refractivity contribution is 9.11. The van der Waals surface area contributed by atoms with E-state index in [0.717, 1.165) is 28.6 Å². The molecule has 0 fully saturated rings. The first kappa shape index (κ1) is 13.4. The van der Waals surface area contributed by atoms with Crippen LogP contribution in [-0.2, 0) is 12.8 Å². The quantitative estimate of drug-likeness (QED) is 0.719. The number of allylic oxidation sites excluding steroid dienone is 1. The molecule has 2 aromatic rings. The molecular formula is C17H15BrFN. The molecule has 1 aliphatic heterocycles. The number of rotatable bonds is 2. The Morgan fingerprint density at radius 3 is 2.75 bits per heavy atom. The van der Waals surface area contributed by atoms with Crippen molar-refractivity contribution in [3.8, 4) is 0 Å². The normalized spacial score (nSPS) is 13.9. The van der Waals surface area contributed by atoms with E-state index in [1.165, 1.54) is 11.6 Å². The van der Waals surface area contributed by atoms with E-state index < -0.39 is 0 Å². The van der Waals surface area contributed by atoms with Gasteiger partial charge in [0.25, 0.3) is 0 Å². The summed E-state index contributed by atoms with van der Waals surface area (Å²) in [5, 5.41) is 0. The molecule has 0 amide bonds. The van der Waals surface area contributed by atoms with Crippen LogP contribution in [0.5, 0.6) is 0 Å². The van der Waals surface area contributed by atoms with Crippen LogP contribution in [0.2, 0.25) is 0 Å². The molecule has 2 aromatic carbocycles. The number of hydrogen-bond acceptors (Lipinski definition) is 1. The number of halogens is 2. The Balaban J connectivity index is 2.20. The van der Waals surface area contributed by atoms with Gasteiger partial charge in [-0.3, -0.25) is 0 Å². The lowest BCUT2D eigenvalue weighted by Crippen LogP contribution is -2.18. The molecule has 0 aromatic heterocycles. The lowest BCUT2D eigenvalue weighted by molar-refractivity contribution is 0.626. The number of benzene rings is 2. The summed E-state index contributed by atoms with van der Waals surface area (Å²) in [6, 6.07) is 13.4. The van der Waals surface area contributed by atoms with Crippen molar-refractivity contribution < 1.29 is 4.39 Å². The van der Waals surface area contributed by atoms with Crippen molar-refractivity contribution in [3.63, 3.8) is 0 Å². The van der Waals surface area contributed by atoms with Gasteiger partial charge in [-0.1, -0.05) is 53.2 Å². The fraction of sp³-hybridized carbons (Fsp3) is 0.176. The Morgan fingerprint density at radius 2 is 1.95 bits per heavy atom. The van der Waals surface area contributed by atoms with Crippen molar-refractivity contribution in [1.82, 2.24) is 0 Å². The maximum Gasteiger partial charge on any atom is 0.147 e. The second kappa shape index (κ2) is 5.41. The van der Waals surface area contributed by atoms with Crippen LogP contribution in [0, 0.1) is 5.82 Å². The van der Waals surface area contributed by atoms with E-state index in [0.29, 0.717) is 5.69 Å². The van der Waals surface area contributed by atoms with E-state index in [1.807, 2.05) is 35.4 Å². The first-order chi connectivity index (χ1) is 9.70. The number of hydrogen-bond donors (Lipinski definition) is 0. The van der Waals surface area contributed by atoms with Gasteiger partial charge in [0.05, 0.1) is 5.69 Å². The standard InChI is InChI=1S/C17H15BrFN/c1-2-12-6-3-4-9-16(12)20-11-14(18)10-13-7-5-8-15(19)17(13)20/h3-9,11H,2,10H2,1H3. The number of aryl methyl sites for hydroxylation is 1. The highest BCUT2D eigenvalue weighted by Crippen LogP contribution is 2.39. The molecule has 0 unspecified atom stereocenters. The molecule has 0 aliphatic carbocycles. The van der Waals surface area contributed by atoms with Crippen molar-refractivity contribution in [3.05, 3.63) is 70.1 Å². The molecule has 3 rings (SSSR count). The highest BCUT2D eigenvalue weighted by Gasteiger charge is 2.22. The lowest BCUT2D eigenvalue weighted by Gasteiger charge is -2.30. The van der Waals surface area contributed by atoms with E-state index in [1.54, 1.807) is 6.07 Å².